The quantitative estimate of drug-likeness (QED) is 0.684. The van der Waals surface area contributed by atoms with Crippen molar-refractivity contribution in [3.63, 3.8) is 0 Å². The summed E-state index contributed by atoms with van der Waals surface area (Å²) in [5, 5.41) is 3.23. The minimum Gasteiger partial charge on any atom is -0.496 e. The van der Waals surface area contributed by atoms with Crippen LogP contribution in [0.15, 0.2) is 30.3 Å². The number of benzene rings is 1. The second kappa shape index (κ2) is 7.05. The van der Waals surface area contributed by atoms with E-state index in [1.54, 1.807) is 13.2 Å². The van der Waals surface area contributed by atoms with Crippen molar-refractivity contribution in [3.05, 3.63) is 35.9 Å². The van der Waals surface area contributed by atoms with Gasteiger partial charge in [0.15, 0.2) is 5.11 Å². The summed E-state index contributed by atoms with van der Waals surface area (Å²) in [6, 6.07) is 7.53. The molecule has 0 aliphatic carbocycles. The Labute approximate surface area is 124 Å². The number of carbonyl (C=O) groups excluding carboxylic acids is 1. The van der Waals surface area contributed by atoms with Crippen molar-refractivity contribution >= 4 is 29.3 Å². The summed E-state index contributed by atoms with van der Waals surface area (Å²) in [5.74, 6) is 0.520. The molecule has 1 aliphatic heterocycles. The average molecular weight is 290 g/mol. The van der Waals surface area contributed by atoms with Gasteiger partial charge in [0.2, 0.25) is 5.91 Å². The molecule has 4 nitrogen and oxygen atoms in total. The Morgan fingerprint density at radius 3 is 2.75 bits per heavy atom. The smallest absolute Gasteiger partial charge is 0.250 e. The monoisotopic (exact) mass is 290 g/mol. The van der Waals surface area contributed by atoms with E-state index < -0.39 is 0 Å². The highest BCUT2D eigenvalue weighted by Gasteiger charge is 2.15. The number of amides is 1. The fourth-order valence-corrected chi connectivity index (χ4v) is 2.40. The van der Waals surface area contributed by atoms with E-state index in [2.05, 4.69) is 5.32 Å². The van der Waals surface area contributed by atoms with Crippen molar-refractivity contribution in [2.24, 2.45) is 0 Å². The highest BCUT2D eigenvalue weighted by atomic mass is 32.1. The molecule has 2 rings (SSSR count). The highest BCUT2D eigenvalue weighted by Crippen LogP contribution is 2.18. The van der Waals surface area contributed by atoms with Gasteiger partial charge < -0.3 is 9.64 Å². The summed E-state index contributed by atoms with van der Waals surface area (Å²) < 4.78 is 5.22. The Balaban J connectivity index is 1.93. The van der Waals surface area contributed by atoms with Gasteiger partial charge in [-0.15, -0.1) is 0 Å². The molecule has 1 aliphatic rings. The number of ether oxygens (including phenoxy) is 1. The molecule has 0 saturated carbocycles. The first kappa shape index (κ1) is 14.5. The number of para-hydroxylation sites is 1. The third-order valence-corrected chi connectivity index (χ3v) is 3.54. The van der Waals surface area contributed by atoms with Crippen molar-refractivity contribution in [2.45, 2.75) is 12.8 Å². The second-order valence-electron chi connectivity index (χ2n) is 4.56. The van der Waals surface area contributed by atoms with E-state index in [4.69, 9.17) is 17.0 Å². The maximum atomic E-state index is 11.8. The fourth-order valence-electron chi connectivity index (χ4n) is 2.12. The van der Waals surface area contributed by atoms with Crippen molar-refractivity contribution in [1.82, 2.24) is 10.2 Å². The molecule has 1 saturated heterocycles. The number of thiocarbonyl (C=S) groups is 1. The summed E-state index contributed by atoms with van der Waals surface area (Å²) >= 11 is 5.20. The summed E-state index contributed by atoms with van der Waals surface area (Å²) in [4.78, 5) is 13.8. The van der Waals surface area contributed by atoms with Gasteiger partial charge in [0.05, 0.1) is 7.11 Å². The molecule has 1 amide bonds. The topological polar surface area (TPSA) is 41.6 Å². The van der Waals surface area contributed by atoms with Crippen molar-refractivity contribution < 1.29 is 9.53 Å². The minimum atomic E-state index is -0.215. The van der Waals surface area contributed by atoms with Crippen LogP contribution in [-0.4, -0.2) is 36.1 Å². The Kier molecular flexibility index (Phi) is 5.12. The van der Waals surface area contributed by atoms with Crippen LogP contribution in [0.3, 0.4) is 0 Å². The molecule has 0 spiro atoms. The highest BCUT2D eigenvalue weighted by molar-refractivity contribution is 7.80. The van der Waals surface area contributed by atoms with Crippen LogP contribution in [-0.2, 0) is 4.79 Å². The van der Waals surface area contributed by atoms with Crippen LogP contribution in [0.25, 0.3) is 6.08 Å². The van der Waals surface area contributed by atoms with Crippen LogP contribution in [0.5, 0.6) is 5.75 Å². The molecule has 1 N–H and O–H groups in total. The van der Waals surface area contributed by atoms with Gasteiger partial charge in [0.25, 0.3) is 0 Å². The maximum absolute atomic E-state index is 11.8. The largest absolute Gasteiger partial charge is 0.496 e. The molecule has 0 radical (unpaired) electrons. The predicted molar refractivity (Wildman–Crippen MR) is 83.6 cm³/mol. The number of nitrogens with zero attached hydrogens (tertiary/aromatic N) is 1. The number of likely N-dealkylation sites (tertiary alicyclic amines) is 1. The normalized spacial score (nSPS) is 14.6. The summed E-state index contributed by atoms with van der Waals surface area (Å²) in [6.45, 7) is 1.85. The van der Waals surface area contributed by atoms with E-state index in [1.807, 2.05) is 29.2 Å². The molecule has 1 heterocycles. The Morgan fingerprint density at radius 1 is 1.35 bits per heavy atom. The molecule has 20 heavy (non-hydrogen) atoms. The standard InChI is InChI=1S/C15H18N2O2S/c1-19-13-7-3-2-6-12(13)8-9-14(18)16-15(20)17-10-4-5-11-17/h2-3,6-9H,4-5,10-11H2,1H3,(H,16,18,20)/b9-8+. The van der Waals surface area contributed by atoms with Crippen LogP contribution < -0.4 is 10.1 Å². The number of hydrogen-bond donors (Lipinski definition) is 1. The molecule has 0 unspecified atom stereocenters. The molecule has 0 atom stereocenters. The van der Waals surface area contributed by atoms with E-state index in [1.165, 1.54) is 6.08 Å². The summed E-state index contributed by atoms with van der Waals surface area (Å²) in [6.07, 6.45) is 5.46. The van der Waals surface area contributed by atoms with Crippen molar-refractivity contribution in [2.75, 3.05) is 20.2 Å². The van der Waals surface area contributed by atoms with E-state index in [9.17, 15) is 4.79 Å². The van der Waals surface area contributed by atoms with Crippen molar-refractivity contribution in [1.29, 1.82) is 0 Å². The van der Waals surface area contributed by atoms with Gasteiger partial charge in [-0.05, 0) is 37.2 Å². The molecular formula is C15H18N2O2S. The Hall–Kier alpha value is -1.88. The molecule has 0 bridgehead atoms. The van der Waals surface area contributed by atoms with E-state index in [-0.39, 0.29) is 5.91 Å². The maximum Gasteiger partial charge on any atom is 0.250 e. The average Bonchev–Trinajstić information content (AvgIpc) is 2.99. The summed E-state index contributed by atoms with van der Waals surface area (Å²) in [5.41, 5.74) is 0.859. The third kappa shape index (κ3) is 3.81. The molecule has 1 aromatic rings. The predicted octanol–water partition coefficient (Wildman–Crippen LogP) is 2.21. The SMILES string of the molecule is COc1ccccc1/C=C/C(=O)NC(=S)N1CCCC1. The zero-order valence-electron chi connectivity index (χ0n) is 11.5. The molecule has 1 fully saturated rings. The molecule has 0 aromatic heterocycles. The van der Waals surface area contributed by atoms with Crippen LogP contribution in [0.4, 0.5) is 0 Å². The van der Waals surface area contributed by atoms with Gasteiger partial charge in [0, 0.05) is 24.7 Å². The lowest BCUT2D eigenvalue weighted by atomic mass is 10.2. The summed E-state index contributed by atoms with van der Waals surface area (Å²) in [7, 11) is 1.61. The first-order valence-corrected chi connectivity index (χ1v) is 7.02. The Morgan fingerprint density at radius 2 is 2.05 bits per heavy atom. The zero-order chi connectivity index (χ0) is 14.4. The van der Waals surface area contributed by atoms with Gasteiger partial charge in [-0.2, -0.15) is 0 Å². The van der Waals surface area contributed by atoms with E-state index in [0.29, 0.717) is 5.11 Å². The molecule has 1 aromatic carbocycles. The second-order valence-corrected chi connectivity index (χ2v) is 4.95. The van der Waals surface area contributed by atoms with Crippen LogP contribution >= 0.6 is 12.2 Å². The Bertz CT molecular complexity index is 522. The molecular weight excluding hydrogens is 272 g/mol. The fraction of sp³-hybridized carbons (Fsp3) is 0.333. The van der Waals surface area contributed by atoms with Gasteiger partial charge in [-0.1, -0.05) is 18.2 Å². The van der Waals surface area contributed by atoms with E-state index >= 15 is 0 Å². The van der Waals surface area contributed by atoms with Gasteiger partial charge in [0.1, 0.15) is 5.75 Å². The minimum absolute atomic E-state index is 0.215. The van der Waals surface area contributed by atoms with Crippen LogP contribution in [0.1, 0.15) is 18.4 Å². The number of rotatable bonds is 3. The first-order chi connectivity index (χ1) is 9.70. The van der Waals surface area contributed by atoms with Crippen LogP contribution in [0, 0.1) is 0 Å². The van der Waals surface area contributed by atoms with Gasteiger partial charge in [-0.3, -0.25) is 10.1 Å². The zero-order valence-corrected chi connectivity index (χ0v) is 12.3. The lowest BCUT2D eigenvalue weighted by molar-refractivity contribution is -0.115. The van der Waals surface area contributed by atoms with Crippen LogP contribution in [0.2, 0.25) is 0 Å². The number of nitrogens with one attached hydrogen (secondary N) is 1. The van der Waals surface area contributed by atoms with Gasteiger partial charge in [-0.25, -0.2) is 0 Å². The van der Waals surface area contributed by atoms with Crippen molar-refractivity contribution in [3.8, 4) is 5.75 Å². The number of methoxy groups -OCH3 is 1. The number of carbonyl (C=O) groups is 1. The van der Waals surface area contributed by atoms with E-state index in [0.717, 1.165) is 37.2 Å². The lowest BCUT2D eigenvalue weighted by Crippen LogP contribution is -2.40. The molecule has 5 heteroatoms. The lowest BCUT2D eigenvalue weighted by Gasteiger charge is -2.17. The number of hydrogen-bond acceptors (Lipinski definition) is 3. The van der Waals surface area contributed by atoms with Gasteiger partial charge >= 0.3 is 0 Å². The third-order valence-electron chi connectivity index (χ3n) is 3.18. The first-order valence-electron chi connectivity index (χ1n) is 6.61. The molecule has 106 valence electrons.